The molecule has 5 nitrogen and oxygen atoms in total. The molecule has 23 heavy (non-hydrogen) atoms. The third-order valence-electron chi connectivity index (χ3n) is 4.44. The largest absolute Gasteiger partial charge is 0.476 e. The molecule has 0 N–H and O–H groups in total. The van der Waals surface area contributed by atoms with Crippen LogP contribution in [0.25, 0.3) is 0 Å². The van der Waals surface area contributed by atoms with Crippen molar-refractivity contribution in [2.24, 2.45) is 11.3 Å². The van der Waals surface area contributed by atoms with Crippen molar-refractivity contribution < 1.29 is 9.53 Å². The number of nitrogens with zero attached hydrogens (tertiary/aromatic N) is 3. The van der Waals surface area contributed by atoms with E-state index in [9.17, 15) is 4.79 Å². The van der Waals surface area contributed by atoms with Gasteiger partial charge in [0.2, 0.25) is 11.8 Å². The molecule has 1 aliphatic carbocycles. The van der Waals surface area contributed by atoms with E-state index in [0.717, 1.165) is 25.2 Å². The van der Waals surface area contributed by atoms with Crippen LogP contribution in [0.4, 0.5) is 0 Å². The van der Waals surface area contributed by atoms with Crippen LogP contribution in [0, 0.1) is 11.3 Å². The van der Waals surface area contributed by atoms with Gasteiger partial charge in [-0.3, -0.25) is 4.79 Å². The summed E-state index contributed by atoms with van der Waals surface area (Å²) in [4.78, 5) is 14.2. The van der Waals surface area contributed by atoms with E-state index in [1.165, 1.54) is 12.8 Å². The molecular weight excluding hydrogens is 290 g/mol. The molecule has 2 heterocycles. The van der Waals surface area contributed by atoms with Gasteiger partial charge in [0.25, 0.3) is 0 Å². The molecule has 0 bridgehead atoms. The maximum Gasteiger partial charge on any atom is 0.233 e. The fourth-order valence-electron chi connectivity index (χ4n) is 2.97. The third-order valence-corrected chi connectivity index (χ3v) is 4.44. The number of aromatic nitrogens is 2. The molecule has 1 aromatic heterocycles. The summed E-state index contributed by atoms with van der Waals surface area (Å²) in [6, 6.07) is 3.94. The van der Waals surface area contributed by atoms with E-state index in [1.807, 2.05) is 17.0 Å². The number of likely N-dealkylation sites (tertiary alicyclic amines) is 1. The lowest BCUT2D eigenvalue weighted by atomic mass is 9.92. The van der Waals surface area contributed by atoms with Gasteiger partial charge in [0.1, 0.15) is 0 Å². The quantitative estimate of drug-likeness (QED) is 0.837. The lowest BCUT2D eigenvalue weighted by Gasteiger charge is -2.23. The van der Waals surface area contributed by atoms with Crippen molar-refractivity contribution in [1.82, 2.24) is 15.1 Å². The highest BCUT2D eigenvalue weighted by atomic mass is 16.5. The summed E-state index contributed by atoms with van der Waals surface area (Å²) in [5.41, 5.74) is 1.13. The van der Waals surface area contributed by atoms with Crippen LogP contribution in [-0.2, 0) is 4.79 Å². The Hall–Kier alpha value is -1.65. The summed E-state index contributed by atoms with van der Waals surface area (Å²) in [5.74, 6) is 1.86. The number of ether oxygens (including phenoxy) is 1. The van der Waals surface area contributed by atoms with Crippen LogP contribution < -0.4 is 4.74 Å². The van der Waals surface area contributed by atoms with Gasteiger partial charge in [-0.1, -0.05) is 20.8 Å². The second-order valence-corrected chi connectivity index (χ2v) is 8.11. The SMILES string of the molecule is CC(C)(C)CC(=O)N1CCC(COc2ccc(C3CC3)nn2)C1. The first-order valence-corrected chi connectivity index (χ1v) is 8.65. The highest BCUT2D eigenvalue weighted by Gasteiger charge is 2.29. The van der Waals surface area contributed by atoms with E-state index >= 15 is 0 Å². The van der Waals surface area contributed by atoms with Crippen molar-refractivity contribution in [1.29, 1.82) is 0 Å². The predicted octanol–water partition coefficient (Wildman–Crippen LogP) is 3.02. The standard InChI is InChI=1S/C18H27N3O2/c1-18(2,3)10-17(22)21-9-8-13(11-21)12-23-16-7-6-15(19-20-16)14-4-5-14/h6-7,13-14H,4-5,8-12H2,1-3H3. The number of rotatable bonds is 5. The first kappa shape index (κ1) is 16.2. The van der Waals surface area contributed by atoms with Gasteiger partial charge in [-0.05, 0) is 30.7 Å². The number of hydrogen-bond donors (Lipinski definition) is 0. The number of hydrogen-bond acceptors (Lipinski definition) is 4. The summed E-state index contributed by atoms with van der Waals surface area (Å²) in [7, 11) is 0. The fraction of sp³-hybridized carbons (Fsp3) is 0.722. The van der Waals surface area contributed by atoms with Crippen LogP contribution in [0.3, 0.4) is 0 Å². The lowest BCUT2D eigenvalue weighted by molar-refractivity contribution is -0.132. The second kappa shape index (κ2) is 6.46. The van der Waals surface area contributed by atoms with E-state index in [2.05, 4.69) is 31.0 Å². The van der Waals surface area contributed by atoms with Gasteiger partial charge in [0.15, 0.2) is 0 Å². The van der Waals surface area contributed by atoms with Crippen molar-refractivity contribution in [2.45, 2.75) is 52.4 Å². The zero-order valence-electron chi connectivity index (χ0n) is 14.4. The fourth-order valence-corrected chi connectivity index (χ4v) is 2.97. The molecule has 1 saturated heterocycles. The molecule has 5 heteroatoms. The number of amides is 1. The van der Waals surface area contributed by atoms with Crippen LogP contribution in [0.2, 0.25) is 0 Å². The minimum absolute atomic E-state index is 0.0462. The van der Waals surface area contributed by atoms with Crippen molar-refractivity contribution in [3.05, 3.63) is 17.8 Å². The average Bonchev–Trinajstić information content (AvgIpc) is 3.22. The van der Waals surface area contributed by atoms with Crippen molar-refractivity contribution in [3.8, 4) is 5.88 Å². The van der Waals surface area contributed by atoms with Gasteiger partial charge < -0.3 is 9.64 Å². The Bertz CT molecular complexity index is 546. The summed E-state index contributed by atoms with van der Waals surface area (Å²) in [6.07, 6.45) is 4.07. The highest BCUT2D eigenvalue weighted by Crippen LogP contribution is 2.38. The predicted molar refractivity (Wildman–Crippen MR) is 88.3 cm³/mol. The Morgan fingerprint density at radius 1 is 1.26 bits per heavy atom. The van der Waals surface area contributed by atoms with E-state index in [0.29, 0.717) is 30.7 Å². The summed E-state index contributed by atoms with van der Waals surface area (Å²) >= 11 is 0. The molecule has 2 fully saturated rings. The maximum atomic E-state index is 12.3. The highest BCUT2D eigenvalue weighted by molar-refractivity contribution is 5.77. The van der Waals surface area contributed by atoms with Gasteiger partial charge in [-0.2, -0.15) is 5.10 Å². The summed E-state index contributed by atoms with van der Waals surface area (Å²) in [6.45, 7) is 8.55. The number of carbonyl (C=O) groups excluding carboxylic acids is 1. The average molecular weight is 317 g/mol. The monoisotopic (exact) mass is 317 g/mol. The minimum Gasteiger partial charge on any atom is -0.476 e. The van der Waals surface area contributed by atoms with Crippen molar-refractivity contribution in [2.75, 3.05) is 19.7 Å². The molecular formula is C18H27N3O2. The van der Waals surface area contributed by atoms with Gasteiger partial charge in [-0.15, -0.1) is 5.10 Å². The van der Waals surface area contributed by atoms with Crippen LogP contribution in [0.15, 0.2) is 12.1 Å². The maximum absolute atomic E-state index is 12.3. The Morgan fingerprint density at radius 2 is 2.04 bits per heavy atom. The van der Waals surface area contributed by atoms with E-state index < -0.39 is 0 Å². The van der Waals surface area contributed by atoms with Gasteiger partial charge in [0.05, 0.1) is 12.3 Å². The molecule has 0 radical (unpaired) electrons. The molecule has 2 aliphatic rings. The Labute approximate surface area is 138 Å². The zero-order chi connectivity index (χ0) is 16.4. The molecule has 1 unspecified atom stereocenters. The molecule has 1 amide bonds. The summed E-state index contributed by atoms with van der Waals surface area (Å²) in [5, 5.41) is 8.38. The molecule has 126 valence electrons. The first-order chi connectivity index (χ1) is 10.9. The van der Waals surface area contributed by atoms with E-state index in [4.69, 9.17) is 4.74 Å². The molecule has 1 aliphatic heterocycles. The normalized spacial score (nSPS) is 21.5. The summed E-state index contributed by atoms with van der Waals surface area (Å²) < 4.78 is 5.76. The van der Waals surface area contributed by atoms with Gasteiger partial charge >= 0.3 is 0 Å². The van der Waals surface area contributed by atoms with Crippen molar-refractivity contribution >= 4 is 5.91 Å². The molecule has 1 atom stereocenters. The second-order valence-electron chi connectivity index (χ2n) is 8.11. The Kier molecular flexibility index (Phi) is 4.55. The van der Waals surface area contributed by atoms with Gasteiger partial charge in [-0.25, -0.2) is 0 Å². The Morgan fingerprint density at radius 3 is 2.65 bits per heavy atom. The lowest BCUT2D eigenvalue weighted by Crippen LogP contribution is -2.32. The van der Waals surface area contributed by atoms with Crippen LogP contribution >= 0.6 is 0 Å². The molecule has 0 spiro atoms. The van der Waals surface area contributed by atoms with E-state index in [-0.39, 0.29) is 11.3 Å². The molecule has 1 saturated carbocycles. The third kappa shape index (κ3) is 4.66. The van der Waals surface area contributed by atoms with E-state index in [1.54, 1.807) is 0 Å². The topological polar surface area (TPSA) is 55.3 Å². The first-order valence-electron chi connectivity index (χ1n) is 8.65. The van der Waals surface area contributed by atoms with Crippen molar-refractivity contribution in [3.63, 3.8) is 0 Å². The van der Waals surface area contributed by atoms with Crippen LogP contribution in [0.1, 0.15) is 58.1 Å². The molecule has 3 rings (SSSR count). The Balaban J connectivity index is 1.43. The minimum atomic E-state index is 0.0462. The van der Waals surface area contributed by atoms with Crippen LogP contribution in [0.5, 0.6) is 5.88 Å². The molecule has 1 aromatic rings. The smallest absolute Gasteiger partial charge is 0.233 e. The zero-order valence-corrected chi connectivity index (χ0v) is 14.4. The van der Waals surface area contributed by atoms with Gasteiger partial charge in [0, 0.05) is 37.4 Å². The molecule has 0 aromatic carbocycles. The number of carbonyl (C=O) groups is 1. The van der Waals surface area contributed by atoms with Crippen LogP contribution in [-0.4, -0.2) is 40.7 Å².